The fourth-order valence-corrected chi connectivity index (χ4v) is 3.10. The molecule has 112 valence electrons. The molecular formula is C15H12Br2F3N. The highest BCUT2D eigenvalue weighted by Gasteiger charge is 2.18. The second-order valence-corrected chi connectivity index (χ2v) is 6.21. The number of benzene rings is 2. The average Bonchev–Trinajstić information content (AvgIpc) is 2.47. The van der Waals surface area contributed by atoms with Crippen LogP contribution in [-0.4, -0.2) is 7.05 Å². The molecule has 6 heteroatoms. The van der Waals surface area contributed by atoms with Crippen LogP contribution in [0.25, 0.3) is 0 Å². The van der Waals surface area contributed by atoms with Gasteiger partial charge in [-0.25, -0.2) is 13.2 Å². The second kappa shape index (κ2) is 6.94. The Morgan fingerprint density at radius 2 is 1.71 bits per heavy atom. The first kappa shape index (κ1) is 16.5. The fraction of sp³-hybridized carbons (Fsp3) is 0.200. The molecule has 0 aliphatic heterocycles. The maximum absolute atomic E-state index is 13.6. The van der Waals surface area contributed by atoms with Crippen molar-refractivity contribution < 1.29 is 13.2 Å². The van der Waals surface area contributed by atoms with E-state index in [9.17, 15) is 13.2 Å². The van der Waals surface area contributed by atoms with Gasteiger partial charge in [0, 0.05) is 6.04 Å². The van der Waals surface area contributed by atoms with Gasteiger partial charge >= 0.3 is 0 Å². The highest BCUT2D eigenvalue weighted by atomic mass is 79.9. The van der Waals surface area contributed by atoms with Crippen molar-refractivity contribution >= 4 is 31.9 Å². The summed E-state index contributed by atoms with van der Waals surface area (Å²) in [7, 11) is 1.73. The first-order chi connectivity index (χ1) is 9.93. The number of hydrogen-bond donors (Lipinski definition) is 1. The average molecular weight is 423 g/mol. The molecule has 0 aliphatic rings. The molecule has 21 heavy (non-hydrogen) atoms. The lowest BCUT2D eigenvalue weighted by atomic mass is 9.99. The van der Waals surface area contributed by atoms with Crippen LogP contribution in [-0.2, 0) is 6.42 Å². The van der Waals surface area contributed by atoms with Gasteiger partial charge in [0.25, 0.3) is 0 Å². The van der Waals surface area contributed by atoms with Crippen molar-refractivity contribution in [3.8, 4) is 0 Å². The van der Waals surface area contributed by atoms with Crippen LogP contribution >= 0.6 is 31.9 Å². The maximum atomic E-state index is 13.6. The number of hydrogen-bond acceptors (Lipinski definition) is 1. The molecule has 2 aromatic carbocycles. The van der Waals surface area contributed by atoms with E-state index < -0.39 is 11.6 Å². The van der Waals surface area contributed by atoms with Gasteiger partial charge in [-0.3, -0.25) is 0 Å². The zero-order valence-corrected chi connectivity index (χ0v) is 14.2. The van der Waals surface area contributed by atoms with Crippen LogP contribution in [0.3, 0.4) is 0 Å². The number of likely N-dealkylation sites (N-methyl/N-ethyl adjacent to an activating group) is 1. The third-order valence-corrected chi connectivity index (χ3v) is 4.63. The zero-order chi connectivity index (χ0) is 15.6. The predicted molar refractivity (Wildman–Crippen MR) is 83.7 cm³/mol. The summed E-state index contributed by atoms with van der Waals surface area (Å²) in [5.74, 6) is -2.15. The molecule has 0 fully saturated rings. The third-order valence-electron chi connectivity index (χ3n) is 3.21. The van der Waals surface area contributed by atoms with E-state index in [-0.39, 0.29) is 16.3 Å². The van der Waals surface area contributed by atoms with E-state index in [0.29, 0.717) is 16.5 Å². The van der Waals surface area contributed by atoms with Crippen molar-refractivity contribution in [2.75, 3.05) is 7.05 Å². The Morgan fingerprint density at radius 1 is 1.05 bits per heavy atom. The van der Waals surface area contributed by atoms with Crippen LogP contribution in [0, 0.1) is 17.5 Å². The van der Waals surface area contributed by atoms with Crippen LogP contribution in [0.4, 0.5) is 13.2 Å². The van der Waals surface area contributed by atoms with Gasteiger partial charge in [-0.05, 0) is 74.7 Å². The van der Waals surface area contributed by atoms with E-state index in [0.717, 1.165) is 11.6 Å². The SMILES string of the molecule is CNC(Cc1ccc(F)c(Br)c1)c1ccc(F)c(F)c1Br. The van der Waals surface area contributed by atoms with E-state index in [1.54, 1.807) is 19.2 Å². The van der Waals surface area contributed by atoms with E-state index in [1.807, 2.05) is 0 Å². The molecule has 2 aromatic rings. The Balaban J connectivity index is 2.32. The summed E-state index contributed by atoms with van der Waals surface area (Å²) in [5, 5.41) is 3.06. The quantitative estimate of drug-likeness (QED) is 0.673. The minimum absolute atomic E-state index is 0.100. The highest BCUT2D eigenvalue weighted by molar-refractivity contribution is 9.10. The van der Waals surface area contributed by atoms with Crippen LogP contribution in [0.15, 0.2) is 39.3 Å². The van der Waals surface area contributed by atoms with Gasteiger partial charge in [0.2, 0.25) is 0 Å². The van der Waals surface area contributed by atoms with Crippen LogP contribution in [0.1, 0.15) is 17.2 Å². The van der Waals surface area contributed by atoms with Crippen LogP contribution in [0.5, 0.6) is 0 Å². The minimum Gasteiger partial charge on any atom is -0.313 e. The molecular weight excluding hydrogens is 411 g/mol. The molecule has 1 atom stereocenters. The molecule has 0 radical (unpaired) electrons. The summed E-state index contributed by atoms with van der Waals surface area (Å²) in [6.45, 7) is 0. The van der Waals surface area contributed by atoms with E-state index in [1.165, 1.54) is 12.1 Å². The largest absolute Gasteiger partial charge is 0.313 e. The van der Waals surface area contributed by atoms with Gasteiger partial charge in [-0.2, -0.15) is 0 Å². The van der Waals surface area contributed by atoms with E-state index in [4.69, 9.17) is 0 Å². The monoisotopic (exact) mass is 421 g/mol. The first-order valence-corrected chi connectivity index (χ1v) is 7.77. The lowest BCUT2D eigenvalue weighted by Gasteiger charge is -2.19. The summed E-state index contributed by atoms with van der Waals surface area (Å²) < 4.78 is 40.5. The topological polar surface area (TPSA) is 12.0 Å². The van der Waals surface area contributed by atoms with Crippen molar-refractivity contribution in [2.45, 2.75) is 12.5 Å². The third kappa shape index (κ3) is 3.67. The number of rotatable bonds is 4. The van der Waals surface area contributed by atoms with E-state index >= 15 is 0 Å². The van der Waals surface area contributed by atoms with Gasteiger partial charge in [-0.15, -0.1) is 0 Å². The van der Waals surface area contributed by atoms with E-state index in [2.05, 4.69) is 37.2 Å². The summed E-state index contributed by atoms with van der Waals surface area (Å²) >= 11 is 6.22. The molecule has 0 saturated heterocycles. The first-order valence-electron chi connectivity index (χ1n) is 6.18. The lowest BCUT2D eigenvalue weighted by molar-refractivity contribution is 0.495. The predicted octanol–water partition coefficient (Wildman–Crippen LogP) is 5.13. The lowest BCUT2D eigenvalue weighted by Crippen LogP contribution is -2.20. The molecule has 0 aromatic heterocycles. The van der Waals surface area contributed by atoms with Crippen LogP contribution in [0.2, 0.25) is 0 Å². The smallest absolute Gasteiger partial charge is 0.173 e. The summed E-state index contributed by atoms with van der Waals surface area (Å²) in [6, 6.07) is 7.10. The normalized spacial score (nSPS) is 12.5. The molecule has 2 rings (SSSR count). The Bertz CT molecular complexity index is 662. The molecule has 1 unspecified atom stereocenters. The maximum Gasteiger partial charge on any atom is 0.173 e. The molecule has 0 spiro atoms. The van der Waals surface area contributed by atoms with Gasteiger partial charge in [0.15, 0.2) is 11.6 Å². The molecule has 1 N–H and O–H groups in total. The Hall–Kier alpha value is -0.850. The minimum atomic E-state index is -0.909. The molecule has 0 aliphatic carbocycles. The second-order valence-electron chi connectivity index (χ2n) is 4.56. The van der Waals surface area contributed by atoms with Gasteiger partial charge in [0.1, 0.15) is 5.82 Å². The summed E-state index contributed by atoms with van der Waals surface area (Å²) in [6.07, 6.45) is 0.513. The van der Waals surface area contributed by atoms with Gasteiger partial charge in [0.05, 0.1) is 8.95 Å². The Morgan fingerprint density at radius 3 is 2.33 bits per heavy atom. The Kier molecular flexibility index (Phi) is 5.46. The standard InChI is InChI=1S/C15H12Br2F3N/c1-21-13(7-8-2-4-11(18)10(16)6-8)9-3-5-12(19)15(20)14(9)17/h2-6,13,21H,7H2,1H3. The highest BCUT2D eigenvalue weighted by Crippen LogP contribution is 2.30. The number of halogens is 5. The summed E-state index contributed by atoms with van der Waals surface area (Å²) in [4.78, 5) is 0. The van der Waals surface area contributed by atoms with Crippen molar-refractivity contribution in [2.24, 2.45) is 0 Å². The van der Waals surface area contributed by atoms with Crippen molar-refractivity contribution in [1.82, 2.24) is 5.32 Å². The fourth-order valence-electron chi connectivity index (χ4n) is 2.08. The molecule has 0 heterocycles. The number of nitrogens with one attached hydrogen (secondary N) is 1. The van der Waals surface area contributed by atoms with Gasteiger partial charge in [-0.1, -0.05) is 12.1 Å². The van der Waals surface area contributed by atoms with Crippen molar-refractivity contribution in [3.63, 3.8) is 0 Å². The van der Waals surface area contributed by atoms with Crippen molar-refractivity contribution in [1.29, 1.82) is 0 Å². The Labute approximate surface area is 137 Å². The molecule has 0 amide bonds. The van der Waals surface area contributed by atoms with Crippen molar-refractivity contribution in [3.05, 3.63) is 67.9 Å². The zero-order valence-electron chi connectivity index (χ0n) is 11.1. The molecule has 1 nitrogen and oxygen atoms in total. The van der Waals surface area contributed by atoms with Gasteiger partial charge < -0.3 is 5.32 Å². The van der Waals surface area contributed by atoms with Crippen LogP contribution < -0.4 is 5.32 Å². The molecule has 0 saturated carbocycles. The summed E-state index contributed by atoms with van der Waals surface area (Å²) in [5.41, 5.74) is 1.48. The molecule has 0 bridgehead atoms.